The van der Waals surface area contributed by atoms with Crippen LogP contribution < -0.4 is 0 Å². The van der Waals surface area contributed by atoms with Gasteiger partial charge in [-0.3, -0.25) is 0 Å². The van der Waals surface area contributed by atoms with Crippen LogP contribution >= 0.6 is 0 Å². The Balaban J connectivity index is 3.48. The average Bonchev–Trinajstić information content (AvgIpc) is 2.08. The third kappa shape index (κ3) is 9.27. The number of hydrogen-bond acceptors (Lipinski definition) is 2. The molecule has 0 atom stereocenters. The zero-order chi connectivity index (χ0) is 11.9. The van der Waals surface area contributed by atoms with Crippen molar-refractivity contribution in [3.63, 3.8) is 0 Å². The van der Waals surface area contributed by atoms with Gasteiger partial charge in [0.05, 0.1) is 6.61 Å². The highest BCUT2D eigenvalue weighted by Gasteiger charge is 2.25. The van der Waals surface area contributed by atoms with Gasteiger partial charge in [-0.1, -0.05) is 0 Å². The van der Waals surface area contributed by atoms with Gasteiger partial charge in [0.15, 0.2) is 0 Å². The van der Waals surface area contributed by atoms with E-state index < -0.39 is 18.6 Å². The zero-order valence-electron chi connectivity index (χ0n) is 8.30. The Hall–Kier alpha value is -1.04. The molecular formula is C9H13F3O3. The molecule has 0 aliphatic carbocycles. The summed E-state index contributed by atoms with van der Waals surface area (Å²) in [6.45, 7) is 1.39. The molecule has 0 saturated heterocycles. The van der Waals surface area contributed by atoms with Crippen LogP contribution in [-0.2, 0) is 9.53 Å². The maximum Gasteiger partial charge on any atom is 0.389 e. The third-order valence-corrected chi connectivity index (χ3v) is 1.59. The van der Waals surface area contributed by atoms with Crippen molar-refractivity contribution in [2.75, 3.05) is 13.2 Å². The molecule has 15 heavy (non-hydrogen) atoms. The van der Waals surface area contributed by atoms with Crippen molar-refractivity contribution in [3.05, 3.63) is 11.6 Å². The number of alkyl halides is 3. The summed E-state index contributed by atoms with van der Waals surface area (Å²) in [6.07, 6.45) is -3.83. The van der Waals surface area contributed by atoms with E-state index in [1.165, 1.54) is 13.0 Å². The lowest BCUT2D eigenvalue weighted by Gasteiger charge is -2.05. The fraction of sp³-hybridized carbons (Fsp3) is 0.667. The Morgan fingerprint density at radius 3 is 2.53 bits per heavy atom. The maximum absolute atomic E-state index is 11.7. The molecule has 0 rings (SSSR count). The summed E-state index contributed by atoms with van der Waals surface area (Å²) in [5.41, 5.74) is 0.117. The van der Waals surface area contributed by atoms with Gasteiger partial charge in [0.1, 0.15) is 0 Å². The van der Waals surface area contributed by atoms with E-state index in [2.05, 4.69) is 0 Å². The molecule has 0 heterocycles. The topological polar surface area (TPSA) is 46.5 Å². The first-order valence-electron chi connectivity index (χ1n) is 4.37. The highest BCUT2D eigenvalue weighted by Crippen LogP contribution is 2.20. The van der Waals surface area contributed by atoms with Crippen LogP contribution in [0.5, 0.6) is 0 Å². The van der Waals surface area contributed by atoms with Gasteiger partial charge in [0, 0.05) is 18.6 Å². The van der Waals surface area contributed by atoms with Crippen LogP contribution in [0.15, 0.2) is 11.6 Å². The number of rotatable bonds is 6. The lowest BCUT2D eigenvalue weighted by molar-refractivity contribution is -0.137. The van der Waals surface area contributed by atoms with Crippen molar-refractivity contribution in [2.45, 2.75) is 25.9 Å². The third-order valence-electron chi connectivity index (χ3n) is 1.59. The Bertz CT molecular complexity index is 233. The number of carboxylic acids is 1. The van der Waals surface area contributed by atoms with E-state index in [4.69, 9.17) is 9.84 Å². The normalized spacial score (nSPS) is 12.9. The molecule has 0 unspecified atom stereocenters. The van der Waals surface area contributed by atoms with E-state index in [1.54, 1.807) is 0 Å². The van der Waals surface area contributed by atoms with E-state index in [1.807, 2.05) is 0 Å². The standard InChI is InChI=1S/C9H13F3O3/c1-7(8(13)14)3-6-15-5-2-4-9(10,11)12/h3H,2,4-6H2,1H3,(H,13,14). The summed E-state index contributed by atoms with van der Waals surface area (Å²) in [5, 5.41) is 8.42. The Morgan fingerprint density at radius 2 is 2.07 bits per heavy atom. The minimum absolute atomic E-state index is 0.0238. The second-order valence-corrected chi connectivity index (χ2v) is 2.99. The number of halogens is 3. The summed E-state index contributed by atoms with van der Waals surface area (Å²) in [4.78, 5) is 10.3. The molecule has 0 bridgehead atoms. The predicted octanol–water partition coefficient (Wildman–Crippen LogP) is 2.38. The van der Waals surface area contributed by atoms with Gasteiger partial charge < -0.3 is 9.84 Å². The molecule has 0 spiro atoms. The molecule has 88 valence electrons. The monoisotopic (exact) mass is 226 g/mol. The summed E-state index contributed by atoms with van der Waals surface area (Å²) in [6, 6.07) is 0. The van der Waals surface area contributed by atoms with Gasteiger partial charge in [-0.05, 0) is 19.4 Å². The molecule has 0 amide bonds. The molecule has 0 aromatic rings. The van der Waals surface area contributed by atoms with Crippen molar-refractivity contribution >= 4 is 5.97 Å². The van der Waals surface area contributed by atoms with Gasteiger partial charge in [-0.2, -0.15) is 13.2 Å². The first-order chi connectivity index (χ1) is 6.83. The van der Waals surface area contributed by atoms with Crippen LogP contribution in [0.25, 0.3) is 0 Å². The van der Waals surface area contributed by atoms with Gasteiger partial charge in [0.25, 0.3) is 0 Å². The lowest BCUT2D eigenvalue weighted by Crippen LogP contribution is -2.09. The quantitative estimate of drug-likeness (QED) is 0.558. The van der Waals surface area contributed by atoms with E-state index in [-0.39, 0.29) is 25.2 Å². The fourth-order valence-electron chi connectivity index (χ4n) is 0.729. The highest BCUT2D eigenvalue weighted by molar-refractivity contribution is 5.85. The summed E-state index contributed by atoms with van der Waals surface area (Å²) >= 11 is 0. The predicted molar refractivity (Wildman–Crippen MR) is 47.5 cm³/mol. The van der Waals surface area contributed by atoms with Gasteiger partial charge >= 0.3 is 12.1 Å². The fourth-order valence-corrected chi connectivity index (χ4v) is 0.729. The van der Waals surface area contributed by atoms with Crippen molar-refractivity contribution in [2.24, 2.45) is 0 Å². The summed E-state index contributed by atoms with van der Waals surface area (Å²) in [7, 11) is 0. The molecule has 1 N–H and O–H groups in total. The maximum atomic E-state index is 11.7. The van der Waals surface area contributed by atoms with Gasteiger partial charge in [0.2, 0.25) is 0 Å². The average molecular weight is 226 g/mol. The van der Waals surface area contributed by atoms with Gasteiger partial charge in [-0.25, -0.2) is 4.79 Å². The molecule has 0 aliphatic heterocycles. The first kappa shape index (κ1) is 14.0. The SMILES string of the molecule is CC(=CCOCCCC(F)(F)F)C(=O)O. The van der Waals surface area contributed by atoms with E-state index in [9.17, 15) is 18.0 Å². The number of hydrogen-bond donors (Lipinski definition) is 1. The minimum Gasteiger partial charge on any atom is -0.478 e. The minimum atomic E-state index is -4.16. The first-order valence-corrected chi connectivity index (χ1v) is 4.37. The van der Waals surface area contributed by atoms with Crippen LogP contribution in [0.2, 0.25) is 0 Å². The molecule has 6 heteroatoms. The lowest BCUT2D eigenvalue weighted by atomic mass is 10.3. The highest BCUT2D eigenvalue weighted by atomic mass is 19.4. The smallest absolute Gasteiger partial charge is 0.389 e. The van der Waals surface area contributed by atoms with E-state index in [0.717, 1.165) is 0 Å². The van der Waals surface area contributed by atoms with Gasteiger partial charge in [-0.15, -0.1) is 0 Å². The molecule has 0 aromatic carbocycles. The Kier molecular flexibility index (Phi) is 6.00. The van der Waals surface area contributed by atoms with Crippen molar-refractivity contribution in [1.82, 2.24) is 0 Å². The number of aliphatic carboxylic acids is 1. The van der Waals surface area contributed by atoms with Crippen LogP contribution in [0, 0.1) is 0 Å². The molecule has 0 fully saturated rings. The van der Waals surface area contributed by atoms with Crippen LogP contribution in [-0.4, -0.2) is 30.5 Å². The molecule has 0 saturated carbocycles. The van der Waals surface area contributed by atoms with Crippen LogP contribution in [0.4, 0.5) is 13.2 Å². The Labute approximate surface area is 85.5 Å². The molecule has 0 radical (unpaired) electrons. The second-order valence-electron chi connectivity index (χ2n) is 2.99. The number of carbonyl (C=O) groups is 1. The van der Waals surface area contributed by atoms with E-state index in [0.29, 0.717) is 0 Å². The van der Waals surface area contributed by atoms with Crippen molar-refractivity contribution in [1.29, 1.82) is 0 Å². The van der Waals surface area contributed by atoms with E-state index >= 15 is 0 Å². The summed E-state index contributed by atoms with van der Waals surface area (Å²) < 4.78 is 39.8. The van der Waals surface area contributed by atoms with Crippen LogP contribution in [0.3, 0.4) is 0 Å². The molecule has 3 nitrogen and oxygen atoms in total. The summed E-state index contributed by atoms with van der Waals surface area (Å²) in [5.74, 6) is -1.06. The molecular weight excluding hydrogens is 213 g/mol. The van der Waals surface area contributed by atoms with Crippen LogP contribution in [0.1, 0.15) is 19.8 Å². The number of ether oxygens (including phenoxy) is 1. The largest absolute Gasteiger partial charge is 0.478 e. The van der Waals surface area contributed by atoms with Crippen molar-refractivity contribution < 1.29 is 27.8 Å². The van der Waals surface area contributed by atoms with Crippen molar-refractivity contribution in [3.8, 4) is 0 Å². The second kappa shape index (κ2) is 6.44. The number of carboxylic acid groups (broad SMARTS) is 1. The Morgan fingerprint density at radius 1 is 1.47 bits per heavy atom. The molecule has 0 aliphatic rings. The molecule has 0 aromatic heterocycles. The zero-order valence-corrected chi connectivity index (χ0v) is 8.30.